The van der Waals surface area contributed by atoms with Crippen molar-refractivity contribution in [2.45, 2.75) is 32.7 Å². The lowest BCUT2D eigenvalue weighted by atomic mass is 10.0. The minimum absolute atomic E-state index is 0.146. The maximum absolute atomic E-state index is 12.2. The van der Waals surface area contributed by atoms with Crippen molar-refractivity contribution in [2.24, 2.45) is 11.8 Å². The zero-order chi connectivity index (χ0) is 18.0. The van der Waals surface area contributed by atoms with Crippen LogP contribution in [0.4, 0.5) is 0 Å². The van der Waals surface area contributed by atoms with Gasteiger partial charge in [-0.05, 0) is 50.5 Å². The fourth-order valence-electron chi connectivity index (χ4n) is 3.15. The Hall–Kier alpha value is -2.34. The summed E-state index contributed by atoms with van der Waals surface area (Å²) < 4.78 is 5.75. The van der Waals surface area contributed by atoms with E-state index in [2.05, 4.69) is 10.3 Å². The Labute approximate surface area is 150 Å². The van der Waals surface area contributed by atoms with E-state index in [4.69, 9.17) is 21.1 Å². The molecular formula is C18H19ClN2O4. The monoisotopic (exact) mass is 362 g/mol. The summed E-state index contributed by atoms with van der Waals surface area (Å²) >= 11 is 5.89. The summed E-state index contributed by atoms with van der Waals surface area (Å²) in [5.41, 5.74) is 1.60. The number of hydrogen-bond donors (Lipinski definition) is 2. The van der Waals surface area contributed by atoms with Crippen molar-refractivity contribution in [2.75, 3.05) is 0 Å². The number of nitrogens with one attached hydrogen (secondary N) is 1. The molecule has 1 fully saturated rings. The van der Waals surface area contributed by atoms with E-state index in [9.17, 15) is 9.59 Å². The SMILES string of the molecule is Cc1nc(CNC(=O)[C@@H]2CC[C@H](C(=O)O)C2)oc1-c1ccc(Cl)cc1. The molecule has 7 heteroatoms. The topological polar surface area (TPSA) is 92.4 Å². The molecule has 2 N–H and O–H groups in total. The molecule has 1 heterocycles. The van der Waals surface area contributed by atoms with Crippen molar-refractivity contribution < 1.29 is 19.1 Å². The normalized spacial score (nSPS) is 19.8. The van der Waals surface area contributed by atoms with Gasteiger partial charge in [0.15, 0.2) is 5.76 Å². The van der Waals surface area contributed by atoms with Crippen molar-refractivity contribution in [3.05, 3.63) is 40.9 Å². The molecule has 2 atom stereocenters. The first-order chi connectivity index (χ1) is 11.9. The van der Waals surface area contributed by atoms with E-state index in [0.717, 1.165) is 11.3 Å². The summed E-state index contributed by atoms with van der Waals surface area (Å²) in [6.07, 6.45) is 1.54. The average Bonchev–Trinajstić information content (AvgIpc) is 3.20. The van der Waals surface area contributed by atoms with Crippen molar-refractivity contribution in [1.82, 2.24) is 10.3 Å². The highest BCUT2D eigenvalue weighted by atomic mass is 35.5. The number of aliphatic carboxylic acids is 1. The first kappa shape index (κ1) is 17.5. The van der Waals surface area contributed by atoms with E-state index < -0.39 is 11.9 Å². The van der Waals surface area contributed by atoms with Gasteiger partial charge in [0, 0.05) is 16.5 Å². The molecule has 0 saturated heterocycles. The molecule has 1 aliphatic rings. The van der Waals surface area contributed by atoms with Crippen LogP contribution in [0, 0.1) is 18.8 Å². The van der Waals surface area contributed by atoms with E-state index in [-0.39, 0.29) is 18.4 Å². The van der Waals surface area contributed by atoms with Crippen LogP contribution in [-0.4, -0.2) is 22.0 Å². The lowest BCUT2D eigenvalue weighted by molar-refractivity contribution is -0.141. The Morgan fingerprint density at radius 1 is 1.28 bits per heavy atom. The molecule has 25 heavy (non-hydrogen) atoms. The molecule has 0 spiro atoms. The highest BCUT2D eigenvalue weighted by Gasteiger charge is 2.33. The molecule has 2 aromatic rings. The summed E-state index contributed by atoms with van der Waals surface area (Å²) in [6, 6.07) is 7.25. The number of benzene rings is 1. The van der Waals surface area contributed by atoms with Gasteiger partial charge in [-0.3, -0.25) is 9.59 Å². The van der Waals surface area contributed by atoms with Crippen LogP contribution in [-0.2, 0) is 16.1 Å². The minimum Gasteiger partial charge on any atom is -0.481 e. The van der Waals surface area contributed by atoms with Crippen LogP contribution < -0.4 is 5.32 Å². The molecule has 3 rings (SSSR count). The van der Waals surface area contributed by atoms with Crippen LogP contribution >= 0.6 is 11.6 Å². The number of carbonyl (C=O) groups is 2. The molecule has 1 aliphatic carbocycles. The molecule has 1 aromatic carbocycles. The van der Waals surface area contributed by atoms with Gasteiger partial charge in [0.05, 0.1) is 18.2 Å². The third-order valence-corrected chi connectivity index (χ3v) is 4.77. The number of aryl methyl sites for hydroxylation is 1. The number of carboxylic acids is 1. The van der Waals surface area contributed by atoms with E-state index in [1.165, 1.54) is 0 Å². The second kappa shape index (κ2) is 7.27. The smallest absolute Gasteiger partial charge is 0.306 e. The van der Waals surface area contributed by atoms with Gasteiger partial charge >= 0.3 is 5.97 Å². The number of amides is 1. The number of rotatable bonds is 5. The summed E-state index contributed by atoms with van der Waals surface area (Å²) in [4.78, 5) is 27.5. The predicted molar refractivity (Wildman–Crippen MR) is 92.0 cm³/mol. The zero-order valence-electron chi connectivity index (χ0n) is 13.8. The van der Waals surface area contributed by atoms with Crippen molar-refractivity contribution in [3.8, 4) is 11.3 Å². The Morgan fingerprint density at radius 3 is 2.60 bits per heavy atom. The molecular weight excluding hydrogens is 344 g/mol. The van der Waals surface area contributed by atoms with Crippen LogP contribution in [0.2, 0.25) is 5.02 Å². The minimum atomic E-state index is -0.828. The number of halogens is 1. The van der Waals surface area contributed by atoms with Gasteiger partial charge in [-0.25, -0.2) is 4.98 Å². The number of carboxylic acid groups (broad SMARTS) is 1. The Kier molecular flexibility index (Phi) is 5.08. The van der Waals surface area contributed by atoms with Crippen LogP contribution in [0.15, 0.2) is 28.7 Å². The first-order valence-corrected chi connectivity index (χ1v) is 8.54. The van der Waals surface area contributed by atoms with Gasteiger partial charge in [-0.2, -0.15) is 0 Å². The molecule has 1 aromatic heterocycles. The van der Waals surface area contributed by atoms with Gasteiger partial charge in [0.25, 0.3) is 0 Å². The van der Waals surface area contributed by atoms with E-state index in [1.807, 2.05) is 19.1 Å². The Morgan fingerprint density at radius 2 is 1.96 bits per heavy atom. The third-order valence-electron chi connectivity index (χ3n) is 4.51. The highest BCUT2D eigenvalue weighted by molar-refractivity contribution is 6.30. The number of carbonyl (C=O) groups excluding carboxylic acids is 1. The summed E-state index contributed by atoms with van der Waals surface area (Å²) in [5, 5.41) is 12.4. The van der Waals surface area contributed by atoms with Crippen molar-refractivity contribution >= 4 is 23.5 Å². The van der Waals surface area contributed by atoms with E-state index in [0.29, 0.717) is 35.9 Å². The molecule has 0 bridgehead atoms. The molecule has 0 unspecified atom stereocenters. The quantitative estimate of drug-likeness (QED) is 0.850. The predicted octanol–water partition coefficient (Wildman–Crippen LogP) is 3.42. The molecule has 0 radical (unpaired) electrons. The van der Waals surface area contributed by atoms with Crippen LogP contribution in [0.3, 0.4) is 0 Å². The Bertz CT molecular complexity index is 785. The van der Waals surface area contributed by atoms with Gasteiger partial charge < -0.3 is 14.8 Å². The van der Waals surface area contributed by atoms with Gasteiger partial charge in [-0.15, -0.1) is 0 Å². The fraction of sp³-hybridized carbons (Fsp3) is 0.389. The second-order valence-corrected chi connectivity index (χ2v) is 6.73. The van der Waals surface area contributed by atoms with E-state index >= 15 is 0 Å². The van der Waals surface area contributed by atoms with Gasteiger partial charge in [-0.1, -0.05) is 11.6 Å². The number of nitrogens with zero attached hydrogens (tertiary/aromatic N) is 1. The number of hydrogen-bond acceptors (Lipinski definition) is 4. The Balaban J connectivity index is 1.61. The number of aromatic nitrogens is 1. The molecule has 132 valence electrons. The van der Waals surface area contributed by atoms with Crippen LogP contribution in [0.1, 0.15) is 30.8 Å². The lowest BCUT2D eigenvalue weighted by Crippen LogP contribution is -2.29. The first-order valence-electron chi connectivity index (χ1n) is 8.17. The van der Waals surface area contributed by atoms with Gasteiger partial charge in [0.2, 0.25) is 11.8 Å². The third kappa shape index (κ3) is 4.02. The molecule has 1 saturated carbocycles. The molecule has 1 amide bonds. The van der Waals surface area contributed by atoms with E-state index in [1.54, 1.807) is 12.1 Å². The average molecular weight is 363 g/mol. The lowest BCUT2D eigenvalue weighted by Gasteiger charge is -2.09. The maximum Gasteiger partial charge on any atom is 0.306 e. The second-order valence-electron chi connectivity index (χ2n) is 6.29. The number of oxazole rings is 1. The standard InChI is InChI=1S/C18H19ClN2O4/c1-10-16(11-4-6-14(19)7-5-11)25-15(21-10)9-20-17(22)12-2-3-13(8-12)18(23)24/h4-7,12-13H,2-3,8-9H2,1H3,(H,20,22)(H,23,24)/t12-,13+/m1/s1. The summed E-state index contributed by atoms with van der Waals surface area (Å²) in [6.45, 7) is 2.02. The van der Waals surface area contributed by atoms with Crippen LogP contribution in [0.5, 0.6) is 0 Å². The van der Waals surface area contributed by atoms with Crippen molar-refractivity contribution in [3.63, 3.8) is 0 Å². The molecule has 6 nitrogen and oxygen atoms in total. The summed E-state index contributed by atoms with van der Waals surface area (Å²) in [7, 11) is 0. The largest absolute Gasteiger partial charge is 0.481 e. The fourth-order valence-corrected chi connectivity index (χ4v) is 3.27. The summed E-state index contributed by atoms with van der Waals surface area (Å²) in [5.74, 6) is -0.584. The highest BCUT2D eigenvalue weighted by Crippen LogP contribution is 2.31. The maximum atomic E-state index is 12.2. The van der Waals surface area contributed by atoms with Crippen molar-refractivity contribution in [1.29, 1.82) is 0 Å². The molecule has 0 aliphatic heterocycles. The van der Waals surface area contributed by atoms with Crippen LogP contribution in [0.25, 0.3) is 11.3 Å². The zero-order valence-corrected chi connectivity index (χ0v) is 14.5. The van der Waals surface area contributed by atoms with Gasteiger partial charge in [0.1, 0.15) is 0 Å².